The number of aromatic hydroxyl groups is 1. The maximum Gasteiger partial charge on any atom is 0.193 e. The molecule has 0 heterocycles. The van der Waals surface area contributed by atoms with E-state index in [0.717, 1.165) is 17.7 Å². The Balaban J connectivity index is 0.00000208. The number of fused-ring (bicyclic) bond motifs is 1. The summed E-state index contributed by atoms with van der Waals surface area (Å²) in [6, 6.07) is 11.5. The van der Waals surface area contributed by atoms with Crippen molar-refractivity contribution < 1.29 is 9.84 Å². The molecule has 2 aromatic rings. The summed E-state index contributed by atoms with van der Waals surface area (Å²) in [5, 5.41) is 12.9. The summed E-state index contributed by atoms with van der Waals surface area (Å²) in [5.74, 6) is 0.908. The van der Waals surface area contributed by atoms with Gasteiger partial charge in [0.15, 0.2) is 17.5 Å². The fraction of sp³-hybridized carbons (Fsp3) is 0.278. The molecule has 6 heteroatoms. The summed E-state index contributed by atoms with van der Waals surface area (Å²) < 4.78 is 5.02. The summed E-state index contributed by atoms with van der Waals surface area (Å²) in [5.41, 5.74) is 10.6. The number of methoxy groups -OCH3 is 1. The molecule has 3 rings (SSSR count). The molecule has 0 saturated heterocycles. The second kappa shape index (κ2) is 8.23. The van der Waals surface area contributed by atoms with E-state index in [-0.39, 0.29) is 29.7 Å². The molecule has 0 spiro atoms. The second-order valence-electron chi connectivity index (χ2n) is 5.67. The number of hydrogen-bond acceptors (Lipinski definition) is 3. The first kappa shape index (κ1) is 18.4. The number of aryl methyl sites for hydroxylation is 2. The lowest BCUT2D eigenvalue weighted by Crippen LogP contribution is -2.22. The maximum absolute atomic E-state index is 9.76. The number of nitrogens with zero attached hydrogens (tertiary/aromatic N) is 1. The number of phenolic OH excluding ortho intramolecular Hbond substituents is 1. The number of guanidine groups is 1. The van der Waals surface area contributed by atoms with Gasteiger partial charge in [0.05, 0.1) is 13.7 Å². The summed E-state index contributed by atoms with van der Waals surface area (Å²) in [6.45, 7) is 0.390. The molecular formula is C18H22IN3O2. The zero-order chi connectivity index (χ0) is 16.2. The minimum Gasteiger partial charge on any atom is -0.504 e. The van der Waals surface area contributed by atoms with E-state index in [1.807, 2.05) is 12.1 Å². The molecule has 0 radical (unpaired) electrons. The van der Waals surface area contributed by atoms with Crippen molar-refractivity contribution in [3.05, 3.63) is 53.1 Å². The number of anilines is 1. The molecule has 0 unspecified atom stereocenters. The van der Waals surface area contributed by atoms with Gasteiger partial charge in [-0.15, -0.1) is 24.0 Å². The number of rotatable bonds is 4. The van der Waals surface area contributed by atoms with Crippen molar-refractivity contribution in [3.8, 4) is 11.5 Å². The highest BCUT2D eigenvalue weighted by atomic mass is 127. The normalized spacial score (nSPS) is 13.1. The minimum atomic E-state index is 0. The number of aliphatic imine (C=N–C) groups is 1. The predicted molar refractivity (Wildman–Crippen MR) is 107 cm³/mol. The van der Waals surface area contributed by atoms with E-state index in [1.165, 1.54) is 31.1 Å². The van der Waals surface area contributed by atoms with E-state index >= 15 is 0 Å². The molecule has 0 aliphatic heterocycles. The number of halogens is 1. The Bertz CT molecular complexity index is 747. The van der Waals surface area contributed by atoms with Crippen LogP contribution < -0.4 is 15.8 Å². The third-order valence-corrected chi connectivity index (χ3v) is 4.05. The summed E-state index contributed by atoms with van der Waals surface area (Å²) in [7, 11) is 1.52. The van der Waals surface area contributed by atoms with Crippen molar-refractivity contribution in [2.24, 2.45) is 10.7 Å². The van der Waals surface area contributed by atoms with Crippen molar-refractivity contribution in [1.82, 2.24) is 0 Å². The highest BCUT2D eigenvalue weighted by molar-refractivity contribution is 14.0. The van der Waals surface area contributed by atoms with Crippen LogP contribution in [0.3, 0.4) is 0 Å². The van der Waals surface area contributed by atoms with E-state index < -0.39 is 0 Å². The Hall–Kier alpha value is -1.96. The first-order chi connectivity index (χ1) is 11.2. The Kier molecular flexibility index (Phi) is 6.30. The van der Waals surface area contributed by atoms with Crippen molar-refractivity contribution >= 4 is 35.6 Å². The minimum absolute atomic E-state index is 0. The molecule has 4 N–H and O–H groups in total. The summed E-state index contributed by atoms with van der Waals surface area (Å²) in [6.07, 6.45) is 3.52. The topological polar surface area (TPSA) is 79.9 Å². The summed E-state index contributed by atoms with van der Waals surface area (Å²) in [4.78, 5) is 4.31. The third-order valence-electron chi connectivity index (χ3n) is 4.05. The molecular weight excluding hydrogens is 417 g/mol. The number of ether oxygens (including phenoxy) is 1. The molecule has 0 aromatic heterocycles. The lowest BCUT2D eigenvalue weighted by atomic mass is 10.1. The lowest BCUT2D eigenvalue weighted by molar-refractivity contribution is 0.373. The van der Waals surface area contributed by atoms with Gasteiger partial charge in [-0.25, -0.2) is 4.99 Å². The standard InChI is InChI=1S/C18H21N3O2.HI/c1-23-17-8-5-12(9-16(17)22)11-20-18(19)21-15-7-6-13-3-2-4-14(13)10-15;/h5-10,22H,2-4,11H2,1H3,(H3,19,20,21);1H. The number of nitrogens with one attached hydrogen (secondary N) is 1. The van der Waals surface area contributed by atoms with E-state index in [4.69, 9.17) is 10.5 Å². The average Bonchev–Trinajstić information content (AvgIpc) is 3.01. The number of hydrogen-bond donors (Lipinski definition) is 3. The summed E-state index contributed by atoms with van der Waals surface area (Å²) >= 11 is 0. The fourth-order valence-corrected chi connectivity index (χ4v) is 2.85. The predicted octanol–water partition coefficient (Wildman–Crippen LogP) is 3.43. The number of phenols is 1. The molecule has 0 fully saturated rings. The van der Waals surface area contributed by atoms with Gasteiger partial charge in [0.2, 0.25) is 0 Å². The van der Waals surface area contributed by atoms with Crippen LogP contribution in [0, 0.1) is 0 Å². The van der Waals surface area contributed by atoms with Crippen LogP contribution in [0.2, 0.25) is 0 Å². The Morgan fingerprint density at radius 1 is 1.21 bits per heavy atom. The number of benzene rings is 2. The van der Waals surface area contributed by atoms with Gasteiger partial charge in [0, 0.05) is 5.69 Å². The van der Waals surface area contributed by atoms with E-state index in [0.29, 0.717) is 18.3 Å². The van der Waals surface area contributed by atoms with Gasteiger partial charge in [-0.1, -0.05) is 12.1 Å². The maximum atomic E-state index is 9.76. The molecule has 128 valence electrons. The zero-order valence-corrected chi connectivity index (χ0v) is 15.9. The van der Waals surface area contributed by atoms with Crippen LogP contribution in [0.15, 0.2) is 41.4 Å². The Morgan fingerprint density at radius 2 is 2.00 bits per heavy atom. The first-order valence-electron chi connectivity index (χ1n) is 7.70. The van der Waals surface area contributed by atoms with Gasteiger partial charge >= 0.3 is 0 Å². The van der Waals surface area contributed by atoms with E-state index in [2.05, 4.69) is 22.4 Å². The van der Waals surface area contributed by atoms with Crippen LogP contribution in [0.1, 0.15) is 23.1 Å². The Morgan fingerprint density at radius 3 is 2.75 bits per heavy atom. The highest BCUT2D eigenvalue weighted by Gasteiger charge is 2.10. The monoisotopic (exact) mass is 439 g/mol. The molecule has 0 atom stereocenters. The van der Waals surface area contributed by atoms with Crippen molar-refractivity contribution in [3.63, 3.8) is 0 Å². The van der Waals surface area contributed by atoms with Gasteiger partial charge in [-0.3, -0.25) is 0 Å². The van der Waals surface area contributed by atoms with Gasteiger partial charge in [0.1, 0.15) is 0 Å². The second-order valence-corrected chi connectivity index (χ2v) is 5.67. The quantitative estimate of drug-likeness (QED) is 0.388. The van der Waals surface area contributed by atoms with Crippen molar-refractivity contribution in [1.29, 1.82) is 0 Å². The van der Waals surface area contributed by atoms with Gasteiger partial charge in [-0.05, 0) is 60.2 Å². The van der Waals surface area contributed by atoms with Crippen LogP contribution in [-0.4, -0.2) is 18.2 Å². The molecule has 24 heavy (non-hydrogen) atoms. The Labute approximate surface area is 159 Å². The fourth-order valence-electron chi connectivity index (χ4n) is 2.85. The van der Waals surface area contributed by atoms with E-state index in [9.17, 15) is 5.11 Å². The molecule has 5 nitrogen and oxygen atoms in total. The average molecular weight is 439 g/mol. The first-order valence-corrected chi connectivity index (χ1v) is 7.70. The largest absolute Gasteiger partial charge is 0.504 e. The van der Waals surface area contributed by atoms with Crippen LogP contribution in [0.4, 0.5) is 5.69 Å². The van der Waals surface area contributed by atoms with Crippen LogP contribution in [0.25, 0.3) is 0 Å². The highest BCUT2D eigenvalue weighted by Crippen LogP contribution is 2.27. The SMILES string of the molecule is COc1ccc(CN=C(N)Nc2ccc3c(c2)CCC3)cc1O.I. The van der Waals surface area contributed by atoms with Gasteiger partial charge < -0.3 is 20.9 Å². The smallest absolute Gasteiger partial charge is 0.193 e. The van der Waals surface area contributed by atoms with Crippen molar-refractivity contribution in [2.45, 2.75) is 25.8 Å². The molecule has 1 aliphatic rings. The molecule has 0 amide bonds. The van der Waals surface area contributed by atoms with Crippen LogP contribution in [0.5, 0.6) is 11.5 Å². The molecule has 0 bridgehead atoms. The third kappa shape index (κ3) is 4.31. The molecule has 2 aromatic carbocycles. The number of nitrogens with two attached hydrogens (primary N) is 1. The molecule has 1 aliphatic carbocycles. The van der Waals surface area contributed by atoms with Crippen LogP contribution >= 0.6 is 24.0 Å². The van der Waals surface area contributed by atoms with Gasteiger partial charge in [-0.2, -0.15) is 0 Å². The lowest BCUT2D eigenvalue weighted by Gasteiger charge is -2.08. The molecule has 0 saturated carbocycles. The van der Waals surface area contributed by atoms with E-state index in [1.54, 1.807) is 12.1 Å². The zero-order valence-electron chi connectivity index (χ0n) is 13.6. The van der Waals surface area contributed by atoms with Crippen LogP contribution in [-0.2, 0) is 19.4 Å². The van der Waals surface area contributed by atoms with Gasteiger partial charge in [0.25, 0.3) is 0 Å². The van der Waals surface area contributed by atoms with Crippen molar-refractivity contribution in [2.75, 3.05) is 12.4 Å².